The van der Waals surface area contributed by atoms with Gasteiger partial charge in [-0.25, -0.2) is 0 Å². The van der Waals surface area contributed by atoms with Gasteiger partial charge in [-0.2, -0.15) is 0 Å². The van der Waals surface area contributed by atoms with Crippen LogP contribution in [0, 0.1) is 0 Å². The van der Waals surface area contributed by atoms with Gasteiger partial charge >= 0.3 is 0 Å². The minimum Gasteiger partial charge on any atom is -0.297 e. The zero-order valence-corrected chi connectivity index (χ0v) is 12.4. The van der Waals surface area contributed by atoms with E-state index < -0.39 is 0 Å². The molecule has 6 heteroatoms. The zero-order valence-electron chi connectivity index (χ0n) is 11.6. The van der Waals surface area contributed by atoms with Gasteiger partial charge in [0, 0.05) is 11.8 Å². The Bertz CT molecular complexity index is 584. The summed E-state index contributed by atoms with van der Waals surface area (Å²) in [5.41, 5.74) is 5.69. The number of amides is 2. The lowest BCUT2D eigenvalue weighted by Gasteiger charge is -2.18. The monoisotopic (exact) mass is 303 g/mol. The topological polar surface area (TPSA) is 70.2 Å². The quantitative estimate of drug-likeness (QED) is 0.735. The third-order valence-corrected chi connectivity index (χ3v) is 3.74. The maximum atomic E-state index is 11.7. The van der Waals surface area contributed by atoms with Crippen LogP contribution >= 0.6 is 11.3 Å². The van der Waals surface area contributed by atoms with Crippen LogP contribution in [0.15, 0.2) is 47.8 Å². The van der Waals surface area contributed by atoms with Crippen LogP contribution in [0.4, 0.5) is 0 Å². The van der Waals surface area contributed by atoms with Gasteiger partial charge in [0.25, 0.3) is 5.91 Å². The van der Waals surface area contributed by atoms with E-state index in [0.29, 0.717) is 0 Å². The molecule has 5 nitrogen and oxygen atoms in total. The minimum atomic E-state index is -0.304. The summed E-state index contributed by atoms with van der Waals surface area (Å²) in [5.74, 6) is -0.594. The third-order valence-electron chi connectivity index (χ3n) is 2.81. The van der Waals surface area contributed by atoms with E-state index >= 15 is 0 Å². The maximum absolute atomic E-state index is 11.7. The summed E-state index contributed by atoms with van der Waals surface area (Å²) < 4.78 is 0. The standard InChI is InChI=1S/C15H17N3O2S/c1-11(19)17-18-14(20)10-16-15(13-8-5-9-21-13)12-6-3-2-4-7-12/h2-9,15-16H,10H2,1H3,(H,17,19)(H,18,20)/t15-/m0/s1. The number of thiophene rings is 1. The van der Waals surface area contributed by atoms with Crippen LogP contribution in [0.2, 0.25) is 0 Å². The van der Waals surface area contributed by atoms with Crippen molar-refractivity contribution in [3.05, 3.63) is 58.3 Å². The van der Waals surface area contributed by atoms with Crippen molar-refractivity contribution in [3.63, 3.8) is 0 Å². The third kappa shape index (κ3) is 4.70. The van der Waals surface area contributed by atoms with E-state index in [1.807, 2.05) is 47.8 Å². The molecule has 2 rings (SSSR count). The van der Waals surface area contributed by atoms with Crippen LogP contribution in [-0.4, -0.2) is 18.4 Å². The summed E-state index contributed by atoms with van der Waals surface area (Å²) >= 11 is 1.63. The van der Waals surface area contributed by atoms with Gasteiger partial charge in [0.2, 0.25) is 5.91 Å². The van der Waals surface area contributed by atoms with Crippen LogP contribution < -0.4 is 16.2 Å². The van der Waals surface area contributed by atoms with Gasteiger partial charge in [-0.05, 0) is 17.0 Å². The number of hydrogen-bond donors (Lipinski definition) is 3. The van der Waals surface area contributed by atoms with E-state index in [-0.39, 0.29) is 24.4 Å². The fourth-order valence-electron chi connectivity index (χ4n) is 1.88. The van der Waals surface area contributed by atoms with Crippen molar-refractivity contribution in [1.82, 2.24) is 16.2 Å². The second-order valence-electron chi connectivity index (χ2n) is 4.47. The van der Waals surface area contributed by atoms with Gasteiger partial charge in [-0.1, -0.05) is 36.4 Å². The number of benzene rings is 1. The first kappa shape index (κ1) is 15.2. The molecule has 0 saturated carbocycles. The summed E-state index contributed by atoms with van der Waals surface area (Å²) in [6.07, 6.45) is 0. The van der Waals surface area contributed by atoms with Crippen molar-refractivity contribution in [2.24, 2.45) is 0 Å². The summed E-state index contributed by atoms with van der Waals surface area (Å²) in [5, 5.41) is 5.21. The fourth-order valence-corrected chi connectivity index (χ4v) is 2.71. The largest absolute Gasteiger partial charge is 0.297 e. The van der Waals surface area contributed by atoms with Crippen LogP contribution in [0.25, 0.3) is 0 Å². The molecule has 3 N–H and O–H groups in total. The average Bonchev–Trinajstić information content (AvgIpc) is 3.00. The van der Waals surface area contributed by atoms with Crippen LogP contribution in [0.5, 0.6) is 0 Å². The lowest BCUT2D eigenvalue weighted by atomic mass is 10.1. The lowest BCUT2D eigenvalue weighted by Crippen LogP contribution is -2.45. The molecule has 2 amide bonds. The minimum absolute atomic E-state index is 0.0470. The fraction of sp³-hybridized carbons (Fsp3) is 0.200. The Labute approximate surface area is 127 Å². The Kier molecular flexibility index (Phi) is 5.48. The van der Waals surface area contributed by atoms with Crippen LogP contribution in [0.3, 0.4) is 0 Å². The Morgan fingerprint density at radius 1 is 1.10 bits per heavy atom. The van der Waals surface area contributed by atoms with Gasteiger partial charge in [0.1, 0.15) is 0 Å². The first-order valence-corrected chi connectivity index (χ1v) is 7.42. The highest BCUT2D eigenvalue weighted by molar-refractivity contribution is 7.10. The van der Waals surface area contributed by atoms with E-state index in [2.05, 4.69) is 16.2 Å². The highest BCUT2D eigenvalue weighted by atomic mass is 32.1. The molecule has 0 bridgehead atoms. The van der Waals surface area contributed by atoms with Gasteiger partial charge in [-0.15, -0.1) is 11.3 Å². The van der Waals surface area contributed by atoms with Crippen molar-refractivity contribution >= 4 is 23.2 Å². The number of rotatable bonds is 5. The Balaban J connectivity index is 2.01. The highest BCUT2D eigenvalue weighted by Crippen LogP contribution is 2.25. The molecule has 0 aliphatic heterocycles. The van der Waals surface area contributed by atoms with E-state index in [9.17, 15) is 9.59 Å². The predicted octanol–water partition coefficient (Wildman–Crippen LogP) is 1.59. The van der Waals surface area contributed by atoms with Crippen molar-refractivity contribution < 1.29 is 9.59 Å². The van der Waals surface area contributed by atoms with E-state index in [1.165, 1.54) is 6.92 Å². The van der Waals surface area contributed by atoms with Crippen molar-refractivity contribution in [3.8, 4) is 0 Å². The second-order valence-corrected chi connectivity index (χ2v) is 5.45. The molecule has 1 aromatic heterocycles. The van der Waals surface area contributed by atoms with Crippen molar-refractivity contribution in [2.75, 3.05) is 6.54 Å². The Morgan fingerprint density at radius 2 is 1.86 bits per heavy atom. The summed E-state index contributed by atoms with van der Waals surface area (Å²) in [4.78, 5) is 23.6. The van der Waals surface area contributed by atoms with Crippen molar-refractivity contribution in [2.45, 2.75) is 13.0 Å². The molecular weight excluding hydrogens is 286 g/mol. The van der Waals surface area contributed by atoms with Gasteiger partial charge in [-0.3, -0.25) is 25.8 Å². The Hall–Kier alpha value is -2.18. The second kappa shape index (κ2) is 7.56. The predicted molar refractivity (Wildman–Crippen MR) is 82.6 cm³/mol. The number of hydrogen-bond acceptors (Lipinski definition) is 4. The summed E-state index contributed by atoms with van der Waals surface area (Å²) in [7, 11) is 0. The maximum Gasteiger partial charge on any atom is 0.252 e. The molecule has 0 radical (unpaired) electrons. The van der Waals surface area contributed by atoms with E-state index in [4.69, 9.17) is 0 Å². The normalized spacial score (nSPS) is 11.7. The van der Waals surface area contributed by atoms with Gasteiger partial charge in [0.15, 0.2) is 0 Å². The first-order valence-electron chi connectivity index (χ1n) is 6.54. The number of carbonyl (C=O) groups is 2. The van der Waals surface area contributed by atoms with Crippen LogP contribution in [0.1, 0.15) is 23.4 Å². The molecule has 0 aliphatic rings. The molecular formula is C15H17N3O2S. The molecule has 0 unspecified atom stereocenters. The number of hydrazine groups is 1. The lowest BCUT2D eigenvalue weighted by molar-refractivity contribution is -0.127. The van der Waals surface area contributed by atoms with Crippen molar-refractivity contribution in [1.29, 1.82) is 0 Å². The molecule has 1 atom stereocenters. The molecule has 21 heavy (non-hydrogen) atoms. The molecule has 0 fully saturated rings. The Morgan fingerprint density at radius 3 is 2.48 bits per heavy atom. The van der Waals surface area contributed by atoms with E-state index in [0.717, 1.165) is 10.4 Å². The SMILES string of the molecule is CC(=O)NNC(=O)CN[C@@H](c1ccccc1)c1cccs1. The van der Waals surface area contributed by atoms with E-state index in [1.54, 1.807) is 11.3 Å². The number of carbonyl (C=O) groups excluding carboxylic acids is 2. The molecule has 1 aromatic carbocycles. The average molecular weight is 303 g/mol. The molecule has 2 aromatic rings. The summed E-state index contributed by atoms with van der Waals surface area (Å²) in [6, 6.07) is 13.9. The number of nitrogens with one attached hydrogen (secondary N) is 3. The smallest absolute Gasteiger partial charge is 0.252 e. The molecule has 0 spiro atoms. The van der Waals surface area contributed by atoms with Crippen LogP contribution in [-0.2, 0) is 9.59 Å². The molecule has 0 aliphatic carbocycles. The molecule has 110 valence electrons. The van der Waals surface area contributed by atoms with Gasteiger partial charge < -0.3 is 0 Å². The summed E-state index contributed by atoms with van der Waals surface area (Å²) in [6.45, 7) is 1.45. The zero-order chi connectivity index (χ0) is 15.1. The first-order chi connectivity index (χ1) is 10.2. The van der Waals surface area contributed by atoms with Gasteiger partial charge in [0.05, 0.1) is 12.6 Å². The molecule has 0 saturated heterocycles. The molecule has 1 heterocycles. The highest BCUT2D eigenvalue weighted by Gasteiger charge is 2.15.